The summed E-state index contributed by atoms with van der Waals surface area (Å²) in [6, 6.07) is 21.0. The molecular weight excluding hydrogens is 358 g/mol. The van der Waals surface area contributed by atoms with Gasteiger partial charge in [-0.05, 0) is 50.5 Å². The van der Waals surface area contributed by atoms with Gasteiger partial charge in [0.15, 0.2) is 0 Å². The molecule has 0 fully saturated rings. The molecule has 0 bridgehead atoms. The maximum atomic E-state index is 13.4. The average molecular weight is 386 g/mol. The molecular formula is C25H27N3O. The minimum Gasteiger partial charge on any atom is -0.364 e. The number of benzene rings is 2. The lowest BCUT2D eigenvalue weighted by atomic mass is 10.1. The zero-order chi connectivity index (χ0) is 20.4. The van der Waals surface area contributed by atoms with Gasteiger partial charge in [0.25, 0.3) is 5.91 Å². The number of amides is 1. The highest BCUT2D eigenvalue weighted by molar-refractivity contribution is 6.08. The summed E-state index contributed by atoms with van der Waals surface area (Å²) in [5, 5.41) is 0. The predicted octanol–water partition coefficient (Wildman–Crippen LogP) is 5.09. The van der Waals surface area contributed by atoms with Crippen LogP contribution in [0.15, 0.2) is 73.1 Å². The van der Waals surface area contributed by atoms with Crippen molar-refractivity contribution >= 4 is 17.3 Å². The van der Waals surface area contributed by atoms with E-state index in [2.05, 4.69) is 61.0 Å². The lowest BCUT2D eigenvalue weighted by molar-refractivity contribution is 0.0981. The molecule has 0 radical (unpaired) electrons. The van der Waals surface area contributed by atoms with E-state index < -0.39 is 0 Å². The number of fused-ring (bicyclic) bond motifs is 1. The first kappa shape index (κ1) is 19.2. The molecule has 4 nitrogen and oxygen atoms in total. The van der Waals surface area contributed by atoms with Crippen molar-refractivity contribution in [3.63, 3.8) is 0 Å². The minimum atomic E-state index is 0.0141. The second-order valence-corrected chi connectivity index (χ2v) is 8.00. The fourth-order valence-corrected chi connectivity index (χ4v) is 4.07. The SMILES string of the molecule is CC(C)N(Cc1ccccc1)c1cncc(C(=O)N2c3ccccc3CC2C)c1. The fraction of sp³-hybridized carbons (Fsp3) is 0.280. The molecule has 29 heavy (non-hydrogen) atoms. The van der Waals surface area contributed by atoms with Crippen LogP contribution >= 0.6 is 0 Å². The van der Waals surface area contributed by atoms with Gasteiger partial charge in [0.1, 0.15) is 0 Å². The van der Waals surface area contributed by atoms with E-state index in [1.54, 1.807) is 6.20 Å². The molecule has 2 heterocycles. The number of hydrogen-bond donors (Lipinski definition) is 0. The third-order valence-corrected chi connectivity index (χ3v) is 5.55. The molecule has 2 aromatic carbocycles. The molecule has 0 aliphatic carbocycles. The monoisotopic (exact) mass is 385 g/mol. The zero-order valence-corrected chi connectivity index (χ0v) is 17.2. The molecule has 1 unspecified atom stereocenters. The zero-order valence-electron chi connectivity index (χ0n) is 17.2. The van der Waals surface area contributed by atoms with Gasteiger partial charge in [-0.25, -0.2) is 0 Å². The van der Waals surface area contributed by atoms with Crippen LogP contribution in [0.2, 0.25) is 0 Å². The lowest BCUT2D eigenvalue weighted by Gasteiger charge is -2.29. The van der Waals surface area contributed by atoms with Gasteiger partial charge < -0.3 is 9.80 Å². The molecule has 1 aliphatic heterocycles. The number of nitrogens with zero attached hydrogens (tertiary/aromatic N) is 3. The van der Waals surface area contributed by atoms with Crippen LogP contribution in [0, 0.1) is 0 Å². The summed E-state index contributed by atoms with van der Waals surface area (Å²) in [6.45, 7) is 7.21. The lowest BCUT2D eigenvalue weighted by Crippen LogP contribution is -2.36. The third kappa shape index (κ3) is 3.88. The summed E-state index contributed by atoms with van der Waals surface area (Å²) < 4.78 is 0. The average Bonchev–Trinajstić information content (AvgIpc) is 3.07. The van der Waals surface area contributed by atoms with Crippen molar-refractivity contribution in [2.24, 2.45) is 0 Å². The molecule has 0 spiro atoms. The van der Waals surface area contributed by atoms with Crippen molar-refractivity contribution in [1.29, 1.82) is 0 Å². The standard InChI is InChI=1S/C25H27N3O/c1-18(2)27(17-20-9-5-4-6-10-20)23-14-22(15-26-16-23)25(29)28-19(3)13-21-11-7-8-12-24(21)28/h4-12,14-16,18-19H,13,17H2,1-3H3. The van der Waals surface area contributed by atoms with Gasteiger partial charge in [0, 0.05) is 30.5 Å². The van der Waals surface area contributed by atoms with Crippen molar-refractivity contribution in [1.82, 2.24) is 4.98 Å². The Labute approximate surface area is 172 Å². The summed E-state index contributed by atoms with van der Waals surface area (Å²) >= 11 is 0. The van der Waals surface area contributed by atoms with Gasteiger partial charge in [-0.2, -0.15) is 0 Å². The second kappa shape index (κ2) is 8.08. The largest absolute Gasteiger partial charge is 0.364 e. The molecule has 0 saturated carbocycles. The van der Waals surface area contributed by atoms with Crippen molar-refractivity contribution < 1.29 is 4.79 Å². The number of carbonyl (C=O) groups is 1. The van der Waals surface area contributed by atoms with E-state index in [1.807, 2.05) is 41.4 Å². The number of aromatic nitrogens is 1. The summed E-state index contributed by atoms with van der Waals surface area (Å²) in [7, 11) is 0. The second-order valence-electron chi connectivity index (χ2n) is 8.00. The van der Waals surface area contributed by atoms with Crippen LogP contribution in [0.3, 0.4) is 0 Å². The third-order valence-electron chi connectivity index (χ3n) is 5.55. The maximum Gasteiger partial charge on any atom is 0.260 e. The topological polar surface area (TPSA) is 36.4 Å². The normalized spacial score (nSPS) is 15.4. The van der Waals surface area contributed by atoms with Crippen molar-refractivity contribution in [3.05, 3.63) is 89.7 Å². The molecule has 1 amide bonds. The van der Waals surface area contributed by atoms with Gasteiger partial charge in [-0.3, -0.25) is 9.78 Å². The Morgan fingerprint density at radius 1 is 1.10 bits per heavy atom. The van der Waals surface area contributed by atoms with E-state index in [9.17, 15) is 4.79 Å². The summed E-state index contributed by atoms with van der Waals surface area (Å²) in [4.78, 5) is 22.0. The number of para-hydroxylation sites is 1. The Hall–Kier alpha value is -3.14. The Balaban J connectivity index is 1.63. The number of rotatable bonds is 5. The number of pyridine rings is 1. The Kier molecular flexibility index (Phi) is 5.34. The molecule has 0 saturated heterocycles. The van der Waals surface area contributed by atoms with E-state index >= 15 is 0 Å². The van der Waals surface area contributed by atoms with Crippen LogP contribution < -0.4 is 9.80 Å². The first-order chi connectivity index (χ1) is 14.0. The first-order valence-electron chi connectivity index (χ1n) is 10.2. The summed E-state index contributed by atoms with van der Waals surface area (Å²) in [6.07, 6.45) is 4.42. The van der Waals surface area contributed by atoms with Gasteiger partial charge in [-0.1, -0.05) is 48.5 Å². The van der Waals surface area contributed by atoms with Crippen molar-refractivity contribution in [2.75, 3.05) is 9.80 Å². The Bertz CT molecular complexity index is 1000. The number of anilines is 2. The molecule has 4 rings (SSSR count). The smallest absolute Gasteiger partial charge is 0.260 e. The van der Waals surface area contributed by atoms with E-state index in [4.69, 9.17) is 0 Å². The first-order valence-corrected chi connectivity index (χ1v) is 10.2. The van der Waals surface area contributed by atoms with Crippen LogP contribution in [0.5, 0.6) is 0 Å². The van der Waals surface area contributed by atoms with Crippen LogP contribution in [0.25, 0.3) is 0 Å². The molecule has 0 N–H and O–H groups in total. The van der Waals surface area contributed by atoms with Crippen LogP contribution in [0.1, 0.15) is 42.3 Å². The summed E-state index contributed by atoms with van der Waals surface area (Å²) in [5.74, 6) is 0.0141. The van der Waals surface area contributed by atoms with Gasteiger partial charge in [-0.15, -0.1) is 0 Å². The minimum absolute atomic E-state index is 0.0141. The van der Waals surface area contributed by atoms with E-state index in [0.717, 1.165) is 24.3 Å². The van der Waals surface area contributed by atoms with Crippen molar-refractivity contribution in [2.45, 2.75) is 45.8 Å². The fourth-order valence-electron chi connectivity index (χ4n) is 4.07. The van der Waals surface area contributed by atoms with Gasteiger partial charge >= 0.3 is 0 Å². The number of carbonyl (C=O) groups excluding carboxylic acids is 1. The summed E-state index contributed by atoms with van der Waals surface area (Å²) in [5.41, 5.74) is 5.07. The Morgan fingerprint density at radius 2 is 1.83 bits per heavy atom. The van der Waals surface area contributed by atoms with E-state index in [0.29, 0.717) is 5.56 Å². The predicted molar refractivity (Wildman–Crippen MR) is 118 cm³/mol. The highest BCUT2D eigenvalue weighted by Gasteiger charge is 2.31. The van der Waals surface area contributed by atoms with E-state index in [-0.39, 0.29) is 18.0 Å². The highest BCUT2D eigenvalue weighted by atomic mass is 16.2. The van der Waals surface area contributed by atoms with Gasteiger partial charge in [0.05, 0.1) is 17.4 Å². The van der Waals surface area contributed by atoms with Crippen LogP contribution in [-0.2, 0) is 13.0 Å². The molecule has 1 aromatic heterocycles. The number of hydrogen-bond acceptors (Lipinski definition) is 3. The molecule has 3 aromatic rings. The van der Waals surface area contributed by atoms with E-state index in [1.165, 1.54) is 11.1 Å². The van der Waals surface area contributed by atoms with Crippen molar-refractivity contribution in [3.8, 4) is 0 Å². The van der Waals surface area contributed by atoms with Crippen LogP contribution in [0.4, 0.5) is 11.4 Å². The molecule has 1 aliphatic rings. The van der Waals surface area contributed by atoms with Crippen LogP contribution in [-0.4, -0.2) is 23.0 Å². The highest BCUT2D eigenvalue weighted by Crippen LogP contribution is 2.33. The molecule has 4 heteroatoms. The quantitative estimate of drug-likeness (QED) is 0.614. The van der Waals surface area contributed by atoms with Gasteiger partial charge in [0.2, 0.25) is 0 Å². The maximum absolute atomic E-state index is 13.4. The Morgan fingerprint density at radius 3 is 2.59 bits per heavy atom. The molecule has 1 atom stereocenters. The molecule has 148 valence electrons.